The van der Waals surface area contributed by atoms with Gasteiger partial charge in [-0.3, -0.25) is 4.79 Å². The van der Waals surface area contributed by atoms with Gasteiger partial charge in [0.25, 0.3) is 0 Å². The summed E-state index contributed by atoms with van der Waals surface area (Å²) in [6, 6.07) is 0. The Labute approximate surface area is 96.9 Å². The summed E-state index contributed by atoms with van der Waals surface area (Å²) in [5.74, 6) is 0.228. The Kier molecular flexibility index (Phi) is 2.77. The first-order valence-electron chi connectivity index (χ1n) is 6.37. The lowest BCUT2D eigenvalue weighted by molar-refractivity contribution is -0.161. The summed E-state index contributed by atoms with van der Waals surface area (Å²) < 4.78 is 0. The Balaban J connectivity index is 2.16. The van der Waals surface area contributed by atoms with Crippen molar-refractivity contribution in [1.82, 2.24) is 0 Å². The van der Waals surface area contributed by atoms with E-state index in [1.807, 2.05) is 0 Å². The number of hydrogen-bond donors (Lipinski definition) is 2. The number of carboxylic acid groups (broad SMARTS) is 1. The van der Waals surface area contributed by atoms with Crippen molar-refractivity contribution in [1.29, 1.82) is 0 Å². The second-order valence-corrected chi connectivity index (χ2v) is 6.02. The van der Waals surface area contributed by atoms with Crippen LogP contribution in [0.15, 0.2) is 0 Å². The fourth-order valence-electron chi connectivity index (χ4n) is 3.30. The van der Waals surface area contributed by atoms with Gasteiger partial charge in [0.2, 0.25) is 0 Å². The van der Waals surface area contributed by atoms with Crippen molar-refractivity contribution in [3.05, 3.63) is 0 Å². The van der Waals surface area contributed by atoms with E-state index in [1.165, 1.54) is 0 Å². The molecule has 0 saturated heterocycles. The number of rotatable bonds is 3. The summed E-state index contributed by atoms with van der Waals surface area (Å²) in [6.07, 6.45) is 4.76. The van der Waals surface area contributed by atoms with Gasteiger partial charge < -0.3 is 10.2 Å². The zero-order chi connectivity index (χ0) is 12.0. The molecule has 0 amide bonds. The molecule has 3 nitrogen and oxygen atoms in total. The van der Waals surface area contributed by atoms with Crippen LogP contribution in [-0.4, -0.2) is 21.8 Å². The zero-order valence-electron chi connectivity index (χ0n) is 10.2. The summed E-state index contributed by atoms with van der Waals surface area (Å²) in [7, 11) is 0. The van der Waals surface area contributed by atoms with E-state index in [0.29, 0.717) is 37.5 Å². The molecule has 0 spiro atoms. The topological polar surface area (TPSA) is 57.5 Å². The Morgan fingerprint density at radius 2 is 1.94 bits per heavy atom. The average molecular weight is 226 g/mol. The van der Waals surface area contributed by atoms with E-state index in [0.717, 1.165) is 12.8 Å². The third-order valence-corrected chi connectivity index (χ3v) is 4.76. The van der Waals surface area contributed by atoms with Crippen LogP contribution in [-0.2, 0) is 4.79 Å². The maximum atomic E-state index is 11.3. The normalized spacial score (nSPS) is 37.4. The van der Waals surface area contributed by atoms with Crippen LogP contribution in [0.2, 0.25) is 0 Å². The third-order valence-electron chi connectivity index (χ3n) is 4.76. The standard InChI is InChI=1S/C13H22O3/c1-9(2)10-4-3-5-13(16,8-10)12(6-7-12)11(14)15/h9-10,16H,3-8H2,1-2H3,(H,14,15). The summed E-state index contributed by atoms with van der Waals surface area (Å²) in [5.41, 5.74) is -1.74. The van der Waals surface area contributed by atoms with Gasteiger partial charge >= 0.3 is 5.97 Å². The fraction of sp³-hybridized carbons (Fsp3) is 0.923. The maximum Gasteiger partial charge on any atom is 0.312 e. The fourth-order valence-corrected chi connectivity index (χ4v) is 3.30. The molecule has 2 aliphatic carbocycles. The van der Waals surface area contributed by atoms with E-state index in [2.05, 4.69) is 13.8 Å². The molecule has 2 aliphatic rings. The molecule has 2 atom stereocenters. The summed E-state index contributed by atoms with van der Waals surface area (Å²) >= 11 is 0. The molecule has 0 radical (unpaired) electrons. The van der Waals surface area contributed by atoms with Gasteiger partial charge in [0, 0.05) is 0 Å². The quantitative estimate of drug-likeness (QED) is 0.777. The number of hydrogen-bond acceptors (Lipinski definition) is 2. The first kappa shape index (κ1) is 11.9. The lowest BCUT2D eigenvalue weighted by Crippen LogP contribution is -2.48. The molecular weight excluding hydrogens is 204 g/mol. The molecule has 0 bridgehead atoms. The van der Waals surface area contributed by atoms with E-state index < -0.39 is 17.0 Å². The molecule has 0 aliphatic heterocycles. The van der Waals surface area contributed by atoms with Crippen LogP contribution < -0.4 is 0 Å². The highest BCUT2D eigenvalue weighted by Crippen LogP contribution is 2.60. The smallest absolute Gasteiger partial charge is 0.312 e. The molecule has 0 aromatic heterocycles. The molecule has 0 aromatic rings. The van der Waals surface area contributed by atoms with Gasteiger partial charge in [-0.25, -0.2) is 0 Å². The first-order chi connectivity index (χ1) is 7.41. The van der Waals surface area contributed by atoms with E-state index in [4.69, 9.17) is 0 Å². The van der Waals surface area contributed by atoms with E-state index >= 15 is 0 Å². The Morgan fingerprint density at radius 3 is 2.38 bits per heavy atom. The van der Waals surface area contributed by atoms with Crippen molar-refractivity contribution in [3.8, 4) is 0 Å². The average Bonchev–Trinajstić information content (AvgIpc) is 2.98. The van der Waals surface area contributed by atoms with Gasteiger partial charge in [-0.15, -0.1) is 0 Å². The third kappa shape index (κ3) is 1.65. The van der Waals surface area contributed by atoms with Gasteiger partial charge in [0.1, 0.15) is 0 Å². The minimum atomic E-state index is -0.938. The minimum absolute atomic E-state index is 0.482. The number of aliphatic hydroxyl groups is 1. The summed E-state index contributed by atoms with van der Waals surface area (Å²) in [4.78, 5) is 11.3. The van der Waals surface area contributed by atoms with Crippen LogP contribution in [0.3, 0.4) is 0 Å². The Morgan fingerprint density at radius 1 is 1.31 bits per heavy atom. The second-order valence-electron chi connectivity index (χ2n) is 6.02. The highest BCUT2D eigenvalue weighted by atomic mass is 16.4. The molecule has 2 saturated carbocycles. The molecule has 3 heteroatoms. The van der Waals surface area contributed by atoms with E-state index in [1.54, 1.807) is 0 Å². The zero-order valence-corrected chi connectivity index (χ0v) is 10.2. The van der Waals surface area contributed by atoms with Gasteiger partial charge in [-0.1, -0.05) is 20.3 Å². The van der Waals surface area contributed by atoms with Gasteiger partial charge in [0.15, 0.2) is 0 Å². The van der Waals surface area contributed by atoms with Crippen LogP contribution >= 0.6 is 0 Å². The lowest BCUT2D eigenvalue weighted by atomic mass is 9.67. The highest BCUT2D eigenvalue weighted by molar-refractivity contribution is 5.79. The predicted molar refractivity (Wildman–Crippen MR) is 61.0 cm³/mol. The Bertz CT molecular complexity index is 294. The van der Waals surface area contributed by atoms with E-state index in [-0.39, 0.29) is 0 Å². The van der Waals surface area contributed by atoms with Crippen molar-refractivity contribution in [2.45, 2.75) is 58.0 Å². The summed E-state index contributed by atoms with van der Waals surface area (Å²) in [6.45, 7) is 4.33. The first-order valence-corrected chi connectivity index (χ1v) is 6.37. The SMILES string of the molecule is CC(C)C1CCCC(O)(C2(C(=O)O)CC2)C1. The lowest BCUT2D eigenvalue weighted by Gasteiger charge is -2.42. The molecule has 2 unspecified atom stereocenters. The van der Waals surface area contributed by atoms with Crippen molar-refractivity contribution in [3.63, 3.8) is 0 Å². The second kappa shape index (κ2) is 3.73. The van der Waals surface area contributed by atoms with Crippen LogP contribution in [0.5, 0.6) is 0 Å². The molecule has 0 aromatic carbocycles. The highest BCUT2D eigenvalue weighted by Gasteiger charge is 2.64. The van der Waals surface area contributed by atoms with Crippen LogP contribution in [0, 0.1) is 17.3 Å². The predicted octanol–water partition coefficient (Wildman–Crippen LogP) is 2.43. The summed E-state index contributed by atoms with van der Waals surface area (Å²) in [5, 5.41) is 20.0. The van der Waals surface area contributed by atoms with Crippen molar-refractivity contribution in [2.24, 2.45) is 17.3 Å². The molecular formula is C13H22O3. The molecule has 2 rings (SSSR count). The molecule has 16 heavy (non-hydrogen) atoms. The largest absolute Gasteiger partial charge is 0.481 e. The number of carbonyl (C=O) groups is 1. The minimum Gasteiger partial charge on any atom is -0.481 e. The van der Waals surface area contributed by atoms with Gasteiger partial charge in [-0.05, 0) is 43.9 Å². The van der Waals surface area contributed by atoms with Crippen molar-refractivity contribution < 1.29 is 15.0 Å². The van der Waals surface area contributed by atoms with E-state index in [9.17, 15) is 15.0 Å². The van der Waals surface area contributed by atoms with Crippen LogP contribution in [0.1, 0.15) is 52.4 Å². The monoisotopic (exact) mass is 226 g/mol. The van der Waals surface area contributed by atoms with Gasteiger partial charge in [0.05, 0.1) is 11.0 Å². The van der Waals surface area contributed by atoms with Crippen LogP contribution in [0.4, 0.5) is 0 Å². The number of carboxylic acids is 1. The van der Waals surface area contributed by atoms with Crippen molar-refractivity contribution in [2.75, 3.05) is 0 Å². The molecule has 0 heterocycles. The van der Waals surface area contributed by atoms with Crippen LogP contribution in [0.25, 0.3) is 0 Å². The maximum absolute atomic E-state index is 11.3. The molecule has 2 fully saturated rings. The number of aliphatic carboxylic acids is 1. The molecule has 92 valence electrons. The molecule has 2 N–H and O–H groups in total. The van der Waals surface area contributed by atoms with Crippen molar-refractivity contribution >= 4 is 5.97 Å². The van der Waals surface area contributed by atoms with Gasteiger partial charge in [-0.2, -0.15) is 0 Å². The Hall–Kier alpha value is -0.570.